The fourth-order valence-electron chi connectivity index (χ4n) is 1.65. The van der Waals surface area contributed by atoms with Crippen LogP contribution in [0.3, 0.4) is 0 Å². The second-order valence-electron chi connectivity index (χ2n) is 6.42. The molecule has 1 amide bonds. The minimum atomic E-state index is 0. The lowest BCUT2D eigenvalue weighted by atomic mass is 10.0. The molecule has 5 nitrogen and oxygen atoms in total. The van der Waals surface area contributed by atoms with Gasteiger partial charge in [-0.15, -0.1) is 24.0 Å². The molecule has 0 aliphatic rings. The first-order valence-electron chi connectivity index (χ1n) is 8.03. The summed E-state index contributed by atoms with van der Waals surface area (Å²) in [6.45, 7) is 11.0. The van der Waals surface area contributed by atoms with Crippen LogP contribution < -0.4 is 10.6 Å². The second kappa shape index (κ2) is 13.0. The highest BCUT2D eigenvalue weighted by atomic mass is 127. The number of guanidine groups is 1. The summed E-state index contributed by atoms with van der Waals surface area (Å²) >= 11 is 0. The molecule has 0 saturated carbocycles. The Morgan fingerprint density at radius 3 is 2.05 bits per heavy atom. The molecule has 22 heavy (non-hydrogen) atoms. The quantitative estimate of drug-likeness (QED) is 0.357. The van der Waals surface area contributed by atoms with E-state index in [1.54, 1.807) is 19.0 Å². The van der Waals surface area contributed by atoms with Gasteiger partial charge in [0.1, 0.15) is 6.54 Å². The van der Waals surface area contributed by atoms with E-state index in [-0.39, 0.29) is 36.4 Å². The first kappa shape index (κ1) is 23.7. The molecule has 2 unspecified atom stereocenters. The van der Waals surface area contributed by atoms with Crippen LogP contribution in [0.5, 0.6) is 0 Å². The molecule has 0 fully saturated rings. The monoisotopic (exact) mass is 426 g/mol. The zero-order valence-corrected chi connectivity index (χ0v) is 17.6. The number of aliphatic imine (C=N–C) groups is 1. The summed E-state index contributed by atoms with van der Waals surface area (Å²) in [5, 5.41) is 6.75. The van der Waals surface area contributed by atoms with Crippen LogP contribution in [0.25, 0.3) is 0 Å². The Labute approximate surface area is 153 Å². The van der Waals surface area contributed by atoms with Gasteiger partial charge >= 0.3 is 0 Å². The molecule has 0 aromatic heterocycles. The molecular weight excluding hydrogens is 391 g/mol. The maximum absolute atomic E-state index is 11.7. The molecule has 0 aromatic carbocycles. The molecule has 0 heterocycles. The molecule has 0 radical (unpaired) electrons. The summed E-state index contributed by atoms with van der Waals surface area (Å²) in [4.78, 5) is 17.6. The average molecular weight is 426 g/mol. The number of carbonyl (C=O) groups is 1. The Bertz CT molecular complexity index is 332. The number of nitrogens with one attached hydrogen (secondary N) is 2. The lowest BCUT2D eigenvalue weighted by Crippen LogP contribution is -2.46. The Balaban J connectivity index is 0. The fourth-order valence-corrected chi connectivity index (χ4v) is 1.65. The summed E-state index contributed by atoms with van der Waals surface area (Å²) in [6.07, 6.45) is 3.30. The van der Waals surface area contributed by atoms with E-state index in [1.165, 1.54) is 6.42 Å². The molecule has 2 atom stereocenters. The summed E-state index contributed by atoms with van der Waals surface area (Å²) in [6, 6.07) is 0.681. The van der Waals surface area contributed by atoms with E-state index in [9.17, 15) is 4.79 Å². The van der Waals surface area contributed by atoms with Crippen LogP contribution in [0.4, 0.5) is 0 Å². The van der Waals surface area contributed by atoms with Gasteiger partial charge < -0.3 is 15.5 Å². The van der Waals surface area contributed by atoms with Crippen molar-refractivity contribution < 1.29 is 4.79 Å². The minimum absolute atomic E-state index is 0. The van der Waals surface area contributed by atoms with Crippen molar-refractivity contribution in [1.82, 2.24) is 15.5 Å². The maximum Gasteiger partial charge on any atom is 0.243 e. The molecular formula is C16H35IN4O. The highest BCUT2D eigenvalue weighted by Crippen LogP contribution is 2.06. The van der Waals surface area contributed by atoms with E-state index >= 15 is 0 Å². The molecule has 0 bridgehead atoms. The molecule has 0 spiro atoms. The van der Waals surface area contributed by atoms with Crippen LogP contribution in [0.15, 0.2) is 4.99 Å². The highest BCUT2D eigenvalue weighted by Gasteiger charge is 2.10. The van der Waals surface area contributed by atoms with Gasteiger partial charge in [0.2, 0.25) is 5.91 Å². The molecule has 132 valence electrons. The van der Waals surface area contributed by atoms with Gasteiger partial charge in [-0.2, -0.15) is 0 Å². The maximum atomic E-state index is 11.7. The van der Waals surface area contributed by atoms with E-state index in [1.807, 2.05) is 0 Å². The summed E-state index contributed by atoms with van der Waals surface area (Å²) in [5.74, 6) is 1.44. The number of likely N-dealkylation sites (N-methyl/N-ethyl adjacent to an activating group) is 1. The van der Waals surface area contributed by atoms with Gasteiger partial charge in [0.15, 0.2) is 5.96 Å². The lowest BCUT2D eigenvalue weighted by Gasteiger charge is -2.22. The number of halogens is 1. The van der Waals surface area contributed by atoms with Crippen molar-refractivity contribution in [2.75, 3.05) is 20.6 Å². The minimum Gasteiger partial charge on any atom is -0.354 e. The summed E-state index contributed by atoms with van der Waals surface area (Å²) < 4.78 is 0. The van der Waals surface area contributed by atoms with E-state index in [2.05, 4.69) is 50.2 Å². The zero-order chi connectivity index (χ0) is 16.4. The van der Waals surface area contributed by atoms with Crippen LogP contribution in [0, 0.1) is 5.92 Å². The van der Waals surface area contributed by atoms with Crippen LogP contribution in [0.2, 0.25) is 0 Å². The number of carbonyl (C=O) groups excluding carboxylic acids is 1. The predicted octanol–water partition coefficient (Wildman–Crippen LogP) is 2.85. The Kier molecular flexibility index (Phi) is 14.0. The van der Waals surface area contributed by atoms with E-state index in [0.717, 1.165) is 18.8 Å². The molecule has 0 aliphatic heterocycles. The van der Waals surface area contributed by atoms with Crippen LogP contribution >= 0.6 is 24.0 Å². The standard InChI is InChI=1S/C16H34N4O.HI/c1-8-13(4)18-16(17-11-15(21)20(6)7)19-14(5)10-9-12(2)3;/h12-14H,8-11H2,1-7H3,(H2,17,18,19);1H. The summed E-state index contributed by atoms with van der Waals surface area (Å²) in [5.41, 5.74) is 0. The lowest BCUT2D eigenvalue weighted by molar-refractivity contribution is -0.127. The van der Waals surface area contributed by atoms with Gasteiger partial charge in [-0.1, -0.05) is 20.8 Å². The van der Waals surface area contributed by atoms with Gasteiger partial charge in [0, 0.05) is 26.2 Å². The van der Waals surface area contributed by atoms with Crippen molar-refractivity contribution in [2.45, 2.75) is 66.0 Å². The van der Waals surface area contributed by atoms with Crippen molar-refractivity contribution in [3.8, 4) is 0 Å². The van der Waals surface area contributed by atoms with Gasteiger partial charge in [-0.05, 0) is 39.0 Å². The van der Waals surface area contributed by atoms with Crippen LogP contribution in [0.1, 0.15) is 53.9 Å². The molecule has 0 saturated heterocycles. The zero-order valence-electron chi connectivity index (χ0n) is 15.3. The van der Waals surface area contributed by atoms with Gasteiger partial charge in [-0.3, -0.25) is 4.79 Å². The molecule has 0 aromatic rings. The van der Waals surface area contributed by atoms with Crippen molar-refractivity contribution >= 4 is 35.8 Å². The van der Waals surface area contributed by atoms with Gasteiger partial charge in [0.25, 0.3) is 0 Å². The fraction of sp³-hybridized carbons (Fsp3) is 0.875. The normalized spacial score (nSPS) is 14.1. The largest absolute Gasteiger partial charge is 0.354 e. The van der Waals surface area contributed by atoms with Gasteiger partial charge in [0.05, 0.1) is 0 Å². The van der Waals surface area contributed by atoms with Crippen molar-refractivity contribution in [3.63, 3.8) is 0 Å². The molecule has 6 heteroatoms. The SMILES string of the molecule is CCC(C)NC(=NCC(=O)N(C)C)NC(C)CCC(C)C.I. The first-order valence-corrected chi connectivity index (χ1v) is 8.03. The van der Waals surface area contributed by atoms with Crippen molar-refractivity contribution in [3.05, 3.63) is 0 Å². The Morgan fingerprint density at radius 1 is 1.05 bits per heavy atom. The first-order chi connectivity index (χ1) is 9.76. The third-order valence-electron chi connectivity index (χ3n) is 3.43. The predicted molar refractivity (Wildman–Crippen MR) is 106 cm³/mol. The number of nitrogens with zero attached hydrogens (tertiary/aromatic N) is 2. The van der Waals surface area contributed by atoms with Crippen LogP contribution in [-0.2, 0) is 4.79 Å². The highest BCUT2D eigenvalue weighted by molar-refractivity contribution is 14.0. The average Bonchev–Trinajstić information content (AvgIpc) is 2.41. The topological polar surface area (TPSA) is 56.7 Å². The number of amides is 1. The number of hydrogen-bond donors (Lipinski definition) is 2. The Morgan fingerprint density at radius 2 is 1.59 bits per heavy atom. The molecule has 2 N–H and O–H groups in total. The summed E-state index contributed by atoms with van der Waals surface area (Å²) in [7, 11) is 3.50. The smallest absolute Gasteiger partial charge is 0.243 e. The Hall–Kier alpha value is -0.530. The third-order valence-corrected chi connectivity index (χ3v) is 3.43. The van der Waals surface area contributed by atoms with E-state index in [4.69, 9.17) is 0 Å². The second-order valence-corrected chi connectivity index (χ2v) is 6.42. The van der Waals surface area contributed by atoms with E-state index in [0.29, 0.717) is 18.0 Å². The third kappa shape index (κ3) is 12.1. The van der Waals surface area contributed by atoms with E-state index < -0.39 is 0 Å². The number of rotatable bonds is 8. The van der Waals surface area contributed by atoms with Crippen LogP contribution in [-0.4, -0.2) is 49.5 Å². The van der Waals surface area contributed by atoms with Gasteiger partial charge in [-0.25, -0.2) is 4.99 Å². The number of hydrogen-bond acceptors (Lipinski definition) is 2. The van der Waals surface area contributed by atoms with Crippen molar-refractivity contribution in [2.24, 2.45) is 10.9 Å². The molecule has 0 aliphatic carbocycles. The van der Waals surface area contributed by atoms with Crippen molar-refractivity contribution in [1.29, 1.82) is 0 Å². The molecule has 0 rings (SSSR count).